The van der Waals surface area contributed by atoms with Gasteiger partial charge in [0.1, 0.15) is 5.52 Å². The largest absolute Gasteiger partial charge is 0.493 e. The number of hydrogen-bond donors (Lipinski definition) is 1. The van der Waals surface area contributed by atoms with Crippen molar-refractivity contribution in [1.29, 1.82) is 0 Å². The van der Waals surface area contributed by atoms with E-state index in [0.717, 1.165) is 0 Å². The second-order valence-electron chi connectivity index (χ2n) is 5.53. The number of aryl methyl sites for hydroxylation is 1. The Morgan fingerprint density at radius 3 is 2.78 bits per heavy atom. The van der Waals surface area contributed by atoms with Gasteiger partial charge in [0.2, 0.25) is 5.91 Å². The molecule has 0 aliphatic heterocycles. The fourth-order valence-corrected chi connectivity index (χ4v) is 2.46. The fraction of sp³-hybridized carbons (Fsp3) is 0.158. The highest BCUT2D eigenvalue weighted by molar-refractivity contribution is 6.02. The smallest absolute Gasteiger partial charge is 0.387 e. The molecule has 1 aromatic heterocycles. The predicted molar refractivity (Wildman–Crippen MR) is 96.0 cm³/mol. The molecule has 0 bridgehead atoms. The number of nitrogens with zero attached hydrogens (tertiary/aromatic N) is 1. The van der Waals surface area contributed by atoms with Gasteiger partial charge in [-0.05, 0) is 42.0 Å². The molecule has 0 saturated carbocycles. The van der Waals surface area contributed by atoms with Crippen molar-refractivity contribution in [1.82, 2.24) is 4.98 Å². The highest BCUT2D eigenvalue weighted by Gasteiger charge is 2.10. The topological polar surface area (TPSA) is 73.6 Å². The van der Waals surface area contributed by atoms with Gasteiger partial charge in [-0.3, -0.25) is 4.79 Å². The van der Waals surface area contributed by atoms with Crippen LogP contribution in [0.2, 0.25) is 0 Å². The van der Waals surface area contributed by atoms with Gasteiger partial charge in [0.15, 0.2) is 23.0 Å². The third-order valence-corrected chi connectivity index (χ3v) is 3.59. The van der Waals surface area contributed by atoms with Crippen molar-refractivity contribution in [2.75, 3.05) is 12.4 Å². The summed E-state index contributed by atoms with van der Waals surface area (Å²) in [6.45, 7) is -1.20. The average Bonchev–Trinajstić information content (AvgIpc) is 2.99. The van der Waals surface area contributed by atoms with Crippen LogP contribution in [-0.2, 0) is 4.79 Å². The van der Waals surface area contributed by atoms with Crippen LogP contribution in [0, 0.1) is 6.92 Å². The van der Waals surface area contributed by atoms with Crippen LogP contribution in [0.5, 0.6) is 11.5 Å². The summed E-state index contributed by atoms with van der Waals surface area (Å²) in [5.41, 5.74) is 2.45. The van der Waals surface area contributed by atoms with E-state index < -0.39 is 6.61 Å². The number of methoxy groups -OCH3 is 1. The average molecular weight is 374 g/mol. The maximum atomic E-state index is 12.3. The lowest BCUT2D eigenvalue weighted by molar-refractivity contribution is -0.111. The number of hydrogen-bond acceptors (Lipinski definition) is 5. The number of amides is 1. The number of carbonyl (C=O) groups is 1. The summed E-state index contributed by atoms with van der Waals surface area (Å²) >= 11 is 0. The number of rotatable bonds is 6. The molecule has 6 nitrogen and oxygen atoms in total. The van der Waals surface area contributed by atoms with Crippen LogP contribution in [0.1, 0.15) is 11.5 Å². The van der Waals surface area contributed by atoms with Crippen LogP contribution in [0.3, 0.4) is 0 Å². The van der Waals surface area contributed by atoms with Crippen LogP contribution < -0.4 is 14.8 Å². The summed E-state index contributed by atoms with van der Waals surface area (Å²) in [4.78, 5) is 16.3. The first-order valence-corrected chi connectivity index (χ1v) is 7.93. The van der Waals surface area contributed by atoms with E-state index in [1.807, 2.05) is 0 Å². The quantitative estimate of drug-likeness (QED) is 0.648. The van der Waals surface area contributed by atoms with E-state index in [0.29, 0.717) is 28.2 Å². The lowest BCUT2D eigenvalue weighted by Crippen LogP contribution is -2.07. The number of nitrogens with one attached hydrogen (secondary N) is 1. The highest BCUT2D eigenvalue weighted by atomic mass is 19.3. The molecule has 0 atom stereocenters. The number of alkyl halides is 2. The van der Waals surface area contributed by atoms with Crippen molar-refractivity contribution in [3.8, 4) is 11.5 Å². The Balaban J connectivity index is 1.69. The summed E-state index contributed by atoms with van der Waals surface area (Å²) in [5, 5.41) is 2.72. The zero-order valence-corrected chi connectivity index (χ0v) is 14.5. The predicted octanol–water partition coefficient (Wildman–Crippen LogP) is 4.40. The van der Waals surface area contributed by atoms with Gasteiger partial charge in [-0.1, -0.05) is 6.07 Å². The Kier molecular flexibility index (Phi) is 5.35. The molecular weight excluding hydrogens is 358 g/mol. The molecular formula is C19H16F2N2O4. The second kappa shape index (κ2) is 7.86. The first kappa shape index (κ1) is 18.4. The minimum absolute atomic E-state index is 0.0784. The lowest BCUT2D eigenvalue weighted by atomic mass is 10.2. The molecule has 0 aliphatic carbocycles. The van der Waals surface area contributed by atoms with E-state index in [1.54, 1.807) is 25.1 Å². The first-order chi connectivity index (χ1) is 12.9. The van der Waals surface area contributed by atoms with Crippen LogP contribution in [0.25, 0.3) is 17.2 Å². The van der Waals surface area contributed by atoms with E-state index in [4.69, 9.17) is 9.15 Å². The van der Waals surface area contributed by atoms with E-state index >= 15 is 0 Å². The third kappa shape index (κ3) is 4.60. The molecule has 0 unspecified atom stereocenters. The Bertz CT molecular complexity index is 999. The molecule has 2 aromatic carbocycles. The van der Waals surface area contributed by atoms with Crippen molar-refractivity contribution in [3.63, 3.8) is 0 Å². The van der Waals surface area contributed by atoms with E-state index in [2.05, 4.69) is 15.0 Å². The van der Waals surface area contributed by atoms with Crippen LogP contribution >= 0.6 is 0 Å². The molecule has 140 valence electrons. The molecule has 0 fully saturated rings. The number of ether oxygens (including phenoxy) is 2. The van der Waals surface area contributed by atoms with E-state index in [9.17, 15) is 13.6 Å². The van der Waals surface area contributed by atoms with Gasteiger partial charge >= 0.3 is 6.61 Å². The number of anilines is 1. The van der Waals surface area contributed by atoms with Crippen molar-refractivity contribution in [2.24, 2.45) is 0 Å². The Morgan fingerprint density at radius 1 is 1.22 bits per heavy atom. The Hall–Kier alpha value is -3.42. The monoisotopic (exact) mass is 374 g/mol. The number of halogens is 2. The van der Waals surface area contributed by atoms with Gasteiger partial charge in [-0.2, -0.15) is 8.78 Å². The summed E-state index contributed by atoms with van der Waals surface area (Å²) in [6, 6.07) is 9.51. The first-order valence-electron chi connectivity index (χ1n) is 7.93. The minimum atomic E-state index is -2.95. The van der Waals surface area contributed by atoms with Crippen molar-refractivity contribution in [2.45, 2.75) is 13.5 Å². The van der Waals surface area contributed by atoms with Crippen molar-refractivity contribution >= 4 is 28.8 Å². The Labute approximate surface area is 153 Å². The molecule has 0 aliphatic rings. The summed E-state index contributed by atoms with van der Waals surface area (Å²) in [7, 11) is 1.34. The van der Waals surface area contributed by atoms with Gasteiger partial charge in [-0.25, -0.2) is 4.98 Å². The maximum absolute atomic E-state index is 12.3. The number of fused-ring (bicyclic) bond motifs is 1. The van der Waals surface area contributed by atoms with E-state index in [-0.39, 0.29) is 17.4 Å². The number of oxazole rings is 1. The molecule has 0 radical (unpaired) electrons. The maximum Gasteiger partial charge on any atom is 0.387 e. The fourth-order valence-electron chi connectivity index (χ4n) is 2.46. The summed E-state index contributed by atoms with van der Waals surface area (Å²) in [5.74, 6) is 0.248. The number of benzene rings is 2. The summed E-state index contributed by atoms with van der Waals surface area (Å²) in [6.07, 6.45) is 2.85. The number of aromatic nitrogens is 1. The second-order valence-corrected chi connectivity index (χ2v) is 5.53. The highest BCUT2D eigenvalue weighted by Crippen LogP contribution is 2.29. The SMILES string of the molecule is COc1cc(/C=C/C(=O)Nc2ccc3oc(C)nc3c2)ccc1OC(F)F. The van der Waals surface area contributed by atoms with Gasteiger partial charge in [-0.15, -0.1) is 0 Å². The molecule has 27 heavy (non-hydrogen) atoms. The molecule has 3 aromatic rings. The minimum Gasteiger partial charge on any atom is -0.493 e. The van der Waals surface area contributed by atoms with Gasteiger partial charge in [0.05, 0.1) is 7.11 Å². The normalized spacial score (nSPS) is 11.3. The standard InChI is InChI=1S/C19H16F2N2O4/c1-11-22-14-10-13(5-7-15(14)26-11)23-18(24)8-4-12-3-6-16(27-19(20)21)17(9-12)25-2/h3-10,19H,1-2H3,(H,23,24)/b8-4+. The van der Waals surface area contributed by atoms with Crippen LogP contribution in [0.15, 0.2) is 46.9 Å². The zero-order valence-electron chi connectivity index (χ0n) is 14.5. The van der Waals surface area contributed by atoms with Gasteiger partial charge < -0.3 is 19.2 Å². The third-order valence-electron chi connectivity index (χ3n) is 3.59. The molecule has 0 spiro atoms. The van der Waals surface area contributed by atoms with Crippen molar-refractivity contribution < 1.29 is 27.5 Å². The van der Waals surface area contributed by atoms with Gasteiger partial charge in [0.25, 0.3) is 0 Å². The molecule has 1 N–H and O–H groups in total. The molecule has 8 heteroatoms. The van der Waals surface area contributed by atoms with Crippen LogP contribution in [0.4, 0.5) is 14.5 Å². The molecule has 1 heterocycles. The van der Waals surface area contributed by atoms with Gasteiger partial charge in [0, 0.05) is 18.7 Å². The molecule has 3 rings (SSSR count). The summed E-state index contributed by atoms with van der Waals surface area (Å²) < 4.78 is 39.4. The zero-order chi connectivity index (χ0) is 19.4. The lowest BCUT2D eigenvalue weighted by Gasteiger charge is -2.10. The van der Waals surface area contributed by atoms with Crippen molar-refractivity contribution in [3.05, 3.63) is 53.9 Å². The molecule has 0 saturated heterocycles. The van der Waals surface area contributed by atoms with Crippen LogP contribution in [-0.4, -0.2) is 24.6 Å². The Morgan fingerprint density at radius 2 is 2.04 bits per heavy atom. The van der Waals surface area contributed by atoms with E-state index in [1.165, 1.54) is 37.5 Å². The molecule has 1 amide bonds. The number of carbonyl (C=O) groups excluding carboxylic acids is 1.